The minimum absolute atomic E-state index is 0.0181. The van der Waals surface area contributed by atoms with Crippen LogP contribution in [0.15, 0.2) is 48.5 Å². The average Bonchev–Trinajstić information content (AvgIpc) is 2.77. The highest BCUT2D eigenvalue weighted by Crippen LogP contribution is 2.26. The van der Waals surface area contributed by atoms with Crippen LogP contribution >= 0.6 is 11.6 Å². The van der Waals surface area contributed by atoms with Crippen molar-refractivity contribution < 1.29 is 14.0 Å². The Kier molecular flexibility index (Phi) is 3.81. The van der Waals surface area contributed by atoms with Crippen molar-refractivity contribution in [3.05, 3.63) is 59.4 Å². The minimum atomic E-state index is -0.778. The van der Waals surface area contributed by atoms with E-state index in [4.69, 9.17) is 11.6 Å². The van der Waals surface area contributed by atoms with Gasteiger partial charge in [-0.1, -0.05) is 23.7 Å². The number of carbonyl (C=O) groups is 2. The highest BCUT2D eigenvalue weighted by molar-refractivity contribution is 6.30. The molecule has 1 saturated heterocycles. The van der Waals surface area contributed by atoms with Gasteiger partial charge in [-0.2, -0.15) is 0 Å². The van der Waals surface area contributed by atoms with Crippen LogP contribution in [0.4, 0.5) is 15.8 Å². The first-order valence-corrected chi connectivity index (χ1v) is 7.07. The van der Waals surface area contributed by atoms with Crippen LogP contribution in [0.3, 0.4) is 0 Å². The second-order valence-electron chi connectivity index (χ2n) is 4.92. The summed E-state index contributed by atoms with van der Waals surface area (Å²) in [5, 5.41) is 3.30. The Bertz CT molecular complexity index is 733. The van der Waals surface area contributed by atoms with Crippen molar-refractivity contribution in [2.75, 3.05) is 10.2 Å². The van der Waals surface area contributed by atoms with Gasteiger partial charge in [-0.05, 0) is 36.4 Å². The van der Waals surface area contributed by atoms with Gasteiger partial charge >= 0.3 is 0 Å². The summed E-state index contributed by atoms with van der Waals surface area (Å²) in [4.78, 5) is 25.6. The molecule has 1 N–H and O–H groups in total. The molecule has 0 bridgehead atoms. The van der Waals surface area contributed by atoms with Crippen LogP contribution < -0.4 is 10.2 Å². The van der Waals surface area contributed by atoms with Gasteiger partial charge in [-0.15, -0.1) is 0 Å². The van der Waals surface area contributed by atoms with Crippen LogP contribution in [0.1, 0.15) is 6.42 Å². The molecule has 1 atom stereocenters. The summed E-state index contributed by atoms with van der Waals surface area (Å²) in [5.41, 5.74) is 0.656. The number of hydrogen-bond acceptors (Lipinski definition) is 3. The zero-order chi connectivity index (χ0) is 15.7. The summed E-state index contributed by atoms with van der Waals surface area (Å²) in [6, 6.07) is 11.7. The molecule has 1 aliphatic rings. The van der Waals surface area contributed by atoms with Gasteiger partial charge in [0.15, 0.2) is 0 Å². The monoisotopic (exact) mass is 318 g/mol. The van der Waals surface area contributed by atoms with E-state index in [1.54, 1.807) is 36.4 Å². The molecule has 3 rings (SSSR count). The van der Waals surface area contributed by atoms with Crippen molar-refractivity contribution in [2.45, 2.75) is 12.5 Å². The summed E-state index contributed by atoms with van der Waals surface area (Å²) in [6.45, 7) is 0. The Hall–Kier alpha value is -2.40. The Balaban J connectivity index is 1.82. The lowest BCUT2D eigenvalue weighted by atomic mass is 10.2. The number of nitrogens with one attached hydrogen (secondary N) is 1. The van der Waals surface area contributed by atoms with Crippen LogP contribution in [0.25, 0.3) is 0 Å². The molecule has 4 nitrogen and oxygen atoms in total. The smallest absolute Gasteiger partial charge is 0.256 e. The third-order valence-corrected chi connectivity index (χ3v) is 3.69. The molecule has 1 fully saturated rings. The van der Waals surface area contributed by atoms with Crippen molar-refractivity contribution in [1.82, 2.24) is 0 Å². The first-order chi connectivity index (χ1) is 10.6. The lowest BCUT2D eigenvalue weighted by Crippen LogP contribution is -2.34. The third kappa shape index (κ3) is 2.67. The Labute approximate surface area is 131 Å². The summed E-state index contributed by atoms with van der Waals surface area (Å²) in [5.74, 6) is -1.20. The number of hydrogen-bond donors (Lipinski definition) is 1. The van der Waals surface area contributed by atoms with E-state index in [1.165, 1.54) is 12.1 Å². The fourth-order valence-electron chi connectivity index (χ4n) is 2.37. The Morgan fingerprint density at radius 3 is 2.45 bits per heavy atom. The van der Waals surface area contributed by atoms with E-state index in [1.807, 2.05) is 0 Å². The second-order valence-corrected chi connectivity index (χ2v) is 5.36. The highest BCUT2D eigenvalue weighted by atomic mass is 35.5. The Morgan fingerprint density at radius 1 is 1.09 bits per heavy atom. The van der Waals surface area contributed by atoms with Crippen molar-refractivity contribution in [2.24, 2.45) is 0 Å². The molecular weight excluding hydrogens is 307 g/mol. The normalized spacial score (nSPS) is 17.9. The van der Waals surface area contributed by atoms with Crippen molar-refractivity contribution in [1.29, 1.82) is 0 Å². The maximum absolute atomic E-state index is 13.6. The molecule has 0 aromatic heterocycles. The summed E-state index contributed by atoms with van der Waals surface area (Å²) in [6.07, 6.45) is -0.0181. The SMILES string of the molecule is O=C1CC(Nc2ccccc2F)C(=O)N1c1ccc(Cl)cc1. The molecule has 2 aromatic rings. The standard InChI is InChI=1S/C16H12ClFN2O2/c17-10-5-7-11(8-6-10)20-15(21)9-14(16(20)22)19-13-4-2-1-3-12(13)18/h1-8,14,19H,9H2. The first-order valence-electron chi connectivity index (χ1n) is 6.69. The van der Waals surface area contributed by atoms with E-state index in [2.05, 4.69) is 5.32 Å². The largest absolute Gasteiger partial charge is 0.371 e. The number of halogens is 2. The van der Waals surface area contributed by atoms with Crippen LogP contribution in [-0.4, -0.2) is 17.9 Å². The summed E-state index contributed by atoms with van der Waals surface area (Å²) in [7, 11) is 0. The van der Waals surface area contributed by atoms with Crippen LogP contribution in [0, 0.1) is 5.82 Å². The molecular formula is C16H12ClFN2O2. The second kappa shape index (κ2) is 5.77. The van der Waals surface area contributed by atoms with Gasteiger partial charge in [0.25, 0.3) is 5.91 Å². The highest BCUT2D eigenvalue weighted by Gasteiger charge is 2.39. The topological polar surface area (TPSA) is 49.4 Å². The molecule has 0 aliphatic carbocycles. The van der Waals surface area contributed by atoms with Gasteiger partial charge in [0, 0.05) is 5.02 Å². The molecule has 0 radical (unpaired) electrons. The van der Waals surface area contributed by atoms with Gasteiger partial charge in [-0.25, -0.2) is 9.29 Å². The number of imide groups is 1. The maximum atomic E-state index is 13.6. The molecule has 0 spiro atoms. The summed E-state index contributed by atoms with van der Waals surface area (Å²) >= 11 is 5.80. The number of carbonyl (C=O) groups excluding carboxylic acids is 2. The fraction of sp³-hybridized carbons (Fsp3) is 0.125. The number of rotatable bonds is 3. The molecule has 2 amide bonds. The predicted molar refractivity (Wildman–Crippen MR) is 82.4 cm³/mol. The average molecular weight is 319 g/mol. The number of benzene rings is 2. The molecule has 6 heteroatoms. The number of anilines is 2. The van der Waals surface area contributed by atoms with E-state index in [9.17, 15) is 14.0 Å². The zero-order valence-electron chi connectivity index (χ0n) is 11.4. The van der Waals surface area contributed by atoms with Gasteiger partial charge in [-0.3, -0.25) is 9.59 Å². The van der Waals surface area contributed by atoms with Gasteiger partial charge < -0.3 is 5.32 Å². The van der Waals surface area contributed by atoms with Crippen LogP contribution in [-0.2, 0) is 9.59 Å². The van der Waals surface area contributed by atoms with Crippen molar-refractivity contribution in [3.8, 4) is 0 Å². The molecule has 1 heterocycles. The van der Waals surface area contributed by atoms with E-state index in [0.29, 0.717) is 10.7 Å². The lowest BCUT2D eigenvalue weighted by Gasteiger charge is -2.16. The van der Waals surface area contributed by atoms with E-state index < -0.39 is 17.8 Å². The molecule has 1 unspecified atom stereocenters. The molecule has 22 heavy (non-hydrogen) atoms. The maximum Gasteiger partial charge on any atom is 0.256 e. The predicted octanol–water partition coefficient (Wildman–Crippen LogP) is 3.22. The molecule has 0 saturated carbocycles. The minimum Gasteiger partial charge on any atom is -0.371 e. The number of nitrogens with zero attached hydrogens (tertiary/aromatic N) is 1. The number of para-hydroxylation sites is 1. The molecule has 1 aliphatic heterocycles. The van der Waals surface area contributed by atoms with Gasteiger partial charge in [0.1, 0.15) is 11.9 Å². The fourth-order valence-corrected chi connectivity index (χ4v) is 2.50. The van der Waals surface area contributed by atoms with Gasteiger partial charge in [0.05, 0.1) is 17.8 Å². The van der Waals surface area contributed by atoms with Crippen LogP contribution in [0.2, 0.25) is 5.02 Å². The third-order valence-electron chi connectivity index (χ3n) is 3.44. The Morgan fingerprint density at radius 2 is 1.77 bits per heavy atom. The van der Waals surface area contributed by atoms with Crippen molar-refractivity contribution >= 4 is 34.8 Å². The van der Waals surface area contributed by atoms with Crippen LogP contribution in [0.5, 0.6) is 0 Å². The lowest BCUT2D eigenvalue weighted by molar-refractivity contribution is -0.121. The zero-order valence-corrected chi connectivity index (χ0v) is 12.2. The first kappa shape index (κ1) is 14.5. The van der Waals surface area contributed by atoms with E-state index in [-0.39, 0.29) is 18.0 Å². The van der Waals surface area contributed by atoms with Gasteiger partial charge in [0.2, 0.25) is 5.91 Å². The molecule has 112 valence electrons. The van der Waals surface area contributed by atoms with E-state index >= 15 is 0 Å². The number of amides is 2. The molecule has 2 aromatic carbocycles. The quantitative estimate of drug-likeness (QED) is 0.884. The summed E-state index contributed by atoms with van der Waals surface area (Å²) < 4.78 is 13.6. The van der Waals surface area contributed by atoms with Crippen molar-refractivity contribution in [3.63, 3.8) is 0 Å². The van der Waals surface area contributed by atoms with E-state index in [0.717, 1.165) is 4.90 Å².